The maximum atomic E-state index is 10.4. The van der Waals surface area contributed by atoms with Crippen molar-refractivity contribution in [2.45, 2.75) is 19.3 Å². The minimum atomic E-state index is -1.01. The number of hydrogen-bond acceptors (Lipinski definition) is 10. The SMILES string of the molecule is COc1cc(Oc2ccnc3cc(OC)c(OC)cc23)ccc1NC(O)NC(C)c1nccs1. The third kappa shape index (κ3) is 5.14. The van der Waals surface area contributed by atoms with Crippen LogP contribution in [0.4, 0.5) is 5.69 Å². The van der Waals surface area contributed by atoms with Gasteiger partial charge < -0.3 is 29.4 Å². The van der Waals surface area contributed by atoms with Gasteiger partial charge >= 0.3 is 0 Å². The van der Waals surface area contributed by atoms with Gasteiger partial charge in [0.05, 0.1) is 38.6 Å². The van der Waals surface area contributed by atoms with Crippen molar-refractivity contribution in [1.82, 2.24) is 15.3 Å². The summed E-state index contributed by atoms with van der Waals surface area (Å²) in [4.78, 5) is 8.66. The van der Waals surface area contributed by atoms with Gasteiger partial charge in [-0.05, 0) is 31.2 Å². The Balaban J connectivity index is 1.53. The largest absolute Gasteiger partial charge is 0.494 e. The minimum absolute atomic E-state index is 0.119. The van der Waals surface area contributed by atoms with Crippen LogP contribution in [0.25, 0.3) is 10.9 Å². The second-order valence-corrected chi connectivity index (χ2v) is 8.23. The maximum Gasteiger partial charge on any atom is 0.182 e. The Hall–Kier alpha value is -3.60. The van der Waals surface area contributed by atoms with Crippen LogP contribution in [0, 0.1) is 0 Å². The van der Waals surface area contributed by atoms with Crippen LogP contribution in [0.1, 0.15) is 18.0 Å². The zero-order chi connectivity index (χ0) is 24.1. The van der Waals surface area contributed by atoms with Gasteiger partial charge in [0, 0.05) is 35.3 Å². The summed E-state index contributed by atoms with van der Waals surface area (Å²) in [5, 5.41) is 20.1. The minimum Gasteiger partial charge on any atom is -0.494 e. The summed E-state index contributed by atoms with van der Waals surface area (Å²) in [6.45, 7) is 1.93. The highest BCUT2D eigenvalue weighted by atomic mass is 32.1. The van der Waals surface area contributed by atoms with Crippen LogP contribution >= 0.6 is 11.3 Å². The summed E-state index contributed by atoms with van der Waals surface area (Å²) < 4.78 is 22.5. The number of aliphatic hydroxyl groups excluding tert-OH is 1. The van der Waals surface area contributed by atoms with E-state index in [-0.39, 0.29) is 6.04 Å². The number of benzene rings is 2. The predicted octanol–water partition coefficient (Wildman–Crippen LogP) is 4.55. The first kappa shape index (κ1) is 23.6. The molecule has 0 radical (unpaired) electrons. The van der Waals surface area contributed by atoms with E-state index < -0.39 is 6.35 Å². The number of nitrogens with zero attached hydrogens (tertiary/aromatic N) is 2. The number of rotatable bonds is 10. The van der Waals surface area contributed by atoms with Gasteiger partial charge in [0.15, 0.2) is 17.9 Å². The first-order valence-electron chi connectivity index (χ1n) is 10.5. The smallest absolute Gasteiger partial charge is 0.182 e. The monoisotopic (exact) mass is 482 g/mol. The molecule has 178 valence electrons. The van der Waals surface area contributed by atoms with Crippen molar-refractivity contribution in [3.8, 4) is 28.7 Å². The maximum absolute atomic E-state index is 10.4. The van der Waals surface area contributed by atoms with Gasteiger partial charge in [-0.2, -0.15) is 0 Å². The van der Waals surface area contributed by atoms with Crippen LogP contribution in [0.2, 0.25) is 0 Å². The number of anilines is 1. The van der Waals surface area contributed by atoms with E-state index in [0.29, 0.717) is 40.0 Å². The quantitative estimate of drug-likeness (QED) is 0.281. The number of aliphatic hydroxyl groups is 1. The van der Waals surface area contributed by atoms with E-state index in [0.717, 1.165) is 10.4 Å². The van der Waals surface area contributed by atoms with Gasteiger partial charge in [0.2, 0.25) is 0 Å². The molecule has 10 heteroatoms. The second-order valence-electron chi connectivity index (χ2n) is 7.30. The van der Waals surface area contributed by atoms with Crippen molar-refractivity contribution < 1.29 is 24.1 Å². The fourth-order valence-corrected chi connectivity index (χ4v) is 4.12. The van der Waals surface area contributed by atoms with E-state index in [2.05, 4.69) is 20.6 Å². The Bertz CT molecular complexity index is 1250. The Morgan fingerprint density at radius 2 is 1.65 bits per heavy atom. The Morgan fingerprint density at radius 1 is 0.882 bits per heavy atom. The molecule has 0 aliphatic heterocycles. The molecule has 2 aromatic carbocycles. The molecule has 3 N–H and O–H groups in total. The number of methoxy groups -OCH3 is 3. The summed E-state index contributed by atoms with van der Waals surface area (Å²) in [5.41, 5.74) is 1.32. The lowest BCUT2D eigenvalue weighted by Gasteiger charge is -2.21. The summed E-state index contributed by atoms with van der Waals surface area (Å²) in [7, 11) is 4.72. The van der Waals surface area contributed by atoms with Gasteiger partial charge in [0.1, 0.15) is 22.3 Å². The molecule has 0 bridgehead atoms. The Morgan fingerprint density at radius 3 is 2.35 bits per heavy atom. The van der Waals surface area contributed by atoms with Gasteiger partial charge in [-0.1, -0.05) is 0 Å². The first-order valence-corrected chi connectivity index (χ1v) is 11.4. The lowest BCUT2D eigenvalue weighted by atomic mass is 10.2. The van der Waals surface area contributed by atoms with Gasteiger partial charge in [-0.25, -0.2) is 4.98 Å². The normalized spacial score (nSPS) is 12.7. The fourth-order valence-electron chi connectivity index (χ4n) is 3.46. The highest BCUT2D eigenvalue weighted by Gasteiger charge is 2.16. The molecule has 9 nitrogen and oxygen atoms in total. The van der Waals surface area contributed by atoms with Crippen LogP contribution in [0.3, 0.4) is 0 Å². The first-order chi connectivity index (χ1) is 16.5. The molecule has 4 aromatic rings. The summed E-state index contributed by atoms with van der Waals surface area (Å²) in [6.07, 6.45) is 2.40. The summed E-state index contributed by atoms with van der Waals surface area (Å²) in [6, 6.07) is 10.6. The number of pyridine rings is 1. The predicted molar refractivity (Wildman–Crippen MR) is 131 cm³/mol. The number of hydrogen-bond donors (Lipinski definition) is 3. The standard InChI is InChI=1S/C24H26N4O5S/c1-14(23-26-9-10-34-23)27-24(29)28-17-6-5-15(11-20(17)30-2)33-19-7-8-25-18-13-22(32-4)21(31-3)12-16(18)19/h5-14,24,27-29H,1-4H3. The Kier molecular flexibility index (Phi) is 7.31. The third-order valence-corrected chi connectivity index (χ3v) is 6.09. The molecule has 0 aliphatic rings. The van der Waals surface area contributed by atoms with Gasteiger partial charge in [0.25, 0.3) is 0 Å². The number of nitrogens with one attached hydrogen (secondary N) is 2. The molecule has 0 amide bonds. The van der Waals surface area contributed by atoms with Crippen LogP contribution in [-0.2, 0) is 0 Å². The fraction of sp³-hybridized carbons (Fsp3) is 0.250. The van der Waals surface area contributed by atoms with E-state index in [9.17, 15) is 5.11 Å². The topological polar surface area (TPSA) is 107 Å². The van der Waals surface area contributed by atoms with Crippen LogP contribution in [-0.4, -0.2) is 42.8 Å². The van der Waals surface area contributed by atoms with Crippen molar-refractivity contribution in [3.05, 3.63) is 59.2 Å². The lowest BCUT2D eigenvalue weighted by molar-refractivity contribution is 0.151. The van der Waals surface area contributed by atoms with Gasteiger partial charge in [-0.3, -0.25) is 10.3 Å². The number of ether oxygens (including phenoxy) is 4. The highest BCUT2D eigenvalue weighted by molar-refractivity contribution is 7.09. The zero-order valence-corrected chi connectivity index (χ0v) is 20.1. The highest BCUT2D eigenvalue weighted by Crippen LogP contribution is 2.38. The Labute approximate surface area is 201 Å². The molecule has 2 aromatic heterocycles. The molecule has 0 saturated heterocycles. The van der Waals surface area contributed by atoms with Crippen molar-refractivity contribution in [2.75, 3.05) is 26.6 Å². The number of fused-ring (bicyclic) bond motifs is 1. The van der Waals surface area contributed by atoms with E-state index in [4.69, 9.17) is 18.9 Å². The van der Waals surface area contributed by atoms with Crippen molar-refractivity contribution in [1.29, 1.82) is 0 Å². The van der Waals surface area contributed by atoms with Crippen LogP contribution < -0.4 is 29.6 Å². The van der Waals surface area contributed by atoms with Crippen molar-refractivity contribution in [3.63, 3.8) is 0 Å². The second kappa shape index (κ2) is 10.6. The van der Waals surface area contributed by atoms with E-state index in [1.165, 1.54) is 11.3 Å². The molecule has 0 saturated carbocycles. The van der Waals surface area contributed by atoms with E-state index >= 15 is 0 Å². The van der Waals surface area contributed by atoms with Crippen LogP contribution in [0.15, 0.2) is 54.2 Å². The molecular formula is C24H26N4O5S. The van der Waals surface area contributed by atoms with E-state index in [1.807, 2.05) is 18.4 Å². The number of thiazole rings is 1. The molecule has 2 heterocycles. The molecule has 4 rings (SSSR count). The average molecular weight is 483 g/mol. The molecular weight excluding hydrogens is 456 g/mol. The summed E-state index contributed by atoms with van der Waals surface area (Å²) >= 11 is 1.52. The van der Waals surface area contributed by atoms with Crippen molar-refractivity contribution in [2.24, 2.45) is 0 Å². The lowest BCUT2D eigenvalue weighted by Crippen LogP contribution is -2.37. The number of aromatic nitrogens is 2. The molecule has 34 heavy (non-hydrogen) atoms. The molecule has 0 spiro atoms. The van der Waals surface area contributed by atoms with E-state index in [1.54, 1.807) is 64.1 Å². The van der Waals surface area contributed by atoms with Crippen molar-refractivity contribution >= 4 is 27.9 Å². The molecule has 0 fully saturated rings. The van der Waals surface area contributed by atoms with Crippen LogP contribution in [0.5, 0.6) is 28.7 Å². The molecule has 0 aliphatic carbocycles. The van der Waals surface area contributed by atoms with Gasteiger partial charge in [-0.15, -0.1) is 11.3 Å². The third-order valence-electron chi connectivity index (χ3n) is 5.13. The zero-order valence-electron chi connectivity index (χ0n) is 19.2. The average Bonchev–Trinajstić information content (AvgIpc) is 3.39. The molecule has 2 atom stereocenters. The summed E-state index contributed by atoms with van der Waals surface area (Å²) in [5.74, 6) is 2.85. The molecule has 2 unspecified atom stereocenters.